The molecule has 0 fully saturated rings. The number of halogens is 4. The van der Waals surface area contributed by atoms with Gasteiger partial charge in [0.25, 0.3) is 5.91 Å². The largest absolute Gasteiger partial charge is 0.483 e. The normalized spacial score (nSPS) is 10.3. The Labute approximate surface area is 139 Å². The Kier molecular flexibility index (Phi) is 5.45. The van der Waals surface area contributed by atoms with Gasteiger partial charge >= 0.3 is 0 Å². The molecule has 2 rings (SSSR count). The molecule has 21 heavy (non-hydrogen) atoms. The molecule has 110 valence electrons. The van der Waals surface area contributed by atoms with E-state index in [-0.39, 0.29) is 6.61 Å². The van der Waals surface area contributed by atoms with Gasteiger partial charge in [0.1, 0.15) is 11.6 Å². The summed E-state index contributed by atoms with van der Waals surface area (Å²) in [5, 5.41) is 3.41. The number of benzene rings is 2. The van der Waals surface area contributed by atoms with Gasteiger partial charge in [-0.1, -0.05) is 23.2 Å². The lowest BCUT2D eigenvalue weighted by Crippen LogP contribution is -2.20. The molecule has 1 amide bonds. The SMILES string of the molecule is O=C(COc1ccc(F)cc1Br)Nc1cc(Cl)ccc1Cl. The maximum Gasteiger partial charge on any atom is 0.262 e. The number of hydrogen-bond donors (Lipinski definition) is 1. The summed E-state index contributed by atoms with van der Waals surface area (Å²) in [5.74, 6) is -0.441. The molecular weight excluding hydrogens is 384 g/mol. The van der Waals surface area contributed by atoms with Crippen LogP contribution in [0.1, 0.15) is 0 Å². The molecule has 0 unspecified atom stereocenters. The van der Waals surface area contributed by atoms with Gasteiger partial charge in [-0.05, 0) is 52.3 Å². The number of hydrogen-bond acceptors (Lipinski definition) is 2. The highest BCUT2D eigenvalue weighted by Gasteiger charge is 2.09. The third-order valence-electron chi connectivity index (χ3n) is 2.46. The van der Waals surface area contributed by atoms with Crippen molar-refractivity contribution in [1.29, 1.82) is 0 Å². The van der Waals surface area contributed by atoms with Gasteiger partial charge in [-0.25, -0.2) is 4.39 Å². The van der Waals surface area contributed by atoms with Crippen molar-refractivity contribution in [2.75, 3.05) is 11.9 Å². The van der Waals surface area contributed by atoms with Crippen LogP contribution in [0.2, 0.25) is 10.0 Å². The number of carbonyl (C=O) groups is 1. The van der Waals surface area contributed by atoms with Crippen LogP contribution >= 0.6 is 39.1 Å². The molecular formula is C14H9BrCl2FNO2. The van der Waals surface area contributed by atoms with Gasteiger partial charge in [0.05, 0.1) is 15.2 Å². The molecule has 3 nitrogen and oxygen atoms in total. The average molecular weight is 393 g/mol. The number of carbonyl (C=O) groups excluding carboxylic acids is 1. The van der Waals surface area contributed by atoms with Crippen molar-refractivity contribution in [3.05, 3.63) is 56.7 Å². The van der Waals surface area contributed by atoms with Gasteiger partial charge in [-0.3, -0.25) is 4.79 Å². The van der Waals surface area contributed by atoms with Crippen LogP contribution in [0, 0.1) is 5.82 Å². The van der Waals surface area contributed by atoms with Gasteiger partial charge in [-0.2, -0.15) is 0 Å². The number of anilines is 1. The summed E-state index contributed by atoms with van der Waals surface area (Å²) in [5.41, 5.74) is 0.399. The van der Waals surface area contributed by atoms with Gasteiger partial charge in [0, 0.05) is 5.02 Å². The predicted octanol–water partition coefficient (Wildman–Crippen LogP) is 4.91. The van der Waals surface area contributed by atoms with Crippen LogP contribution in [0.25, 0.3) is 0 Å². The van der Waals surface area contributed by atoms with Gasteiger partial charge in [0.15, 0.2) is 6.61 Å². The molecule has 7 heteroatoms. The Morgan fingerprint density at radius 1 is 1.24 bits per heavy atom. The molecule has 0 spiro atoms. The predicted molar refractivity (Wildman–Crippen MR) is 84.7 cm³/mol. The summed E-state index contributed by atoms with van der Waals surface area (Å²) in [6, 6.07) is 8.66. The van der Waals surface area contributed by atoms with E-state index >= 15 is 0 Å². The number of ether oxygens (including phenoxy) is 1. The van der Waals surface area contributed by atoms with E-state index in [2.05, 4.69) is 21.2 Å². The van der Waals surface area contributed by atoms with E-state index in [1.54, 1.807) is 12.1 Å². The maximum absolute atomic E-state index is 12.9. The fourth-order valence-electron chi connectivity index (χ4n) is 1.52. The summed E-state index contributed by atoms with van der Waals surface area (Å²) in [4.78, 5) is 11.8. The van der Waals surface area contributed by atoms with Crippen LogP contribution in [-0.2, 0) is 4.79 Å². The quantitative estimate of drug-likeness (QED) is 0.802. The molecule has 0 heterocycles. The molecule has 0 bridgehead atoms. The lowest BCUT2D eigenvalue weighted by atomic mass is 10.3. The van der Waals surface area contributed by atoms with E-state index in [9.17, 15) is 9.18 Å². The van der Waals surface area contributed by atoms with E-state index in [0.717, 1.165) is 0 Å². The van der Waals surface area contributed by atoms with Gasteiger partial charge < -0.3 is 10.1 Å². The topological polar surface area (TPSA) is 38.3 Å². The first-order chi connectivity index (χ1) is 9.95. The Balaban J connectivity index is 1.97. The molecule has 0 saturated heterocycles. The lowest BCUT2D eigenvalue weighted by molar-refractivity contribution is -0.118. The molecule has 0 aliphatic carbocycles. The van der Waals surface area contributed by atoms with Gasteiger partial charge in [0.2, 0.25) is 0 Å². The van der Waals surface area contributed by atoms with Crippen molar-refractivity contribution >= 4 is 50.7 Å². The third kappa shape index (κ3) is 4.59. The highest BCUT2D eigenvalue weighted by molar-refractivity contribution is 9.10. The van der Waals surface area contributed by atoms with E-state index < -0.39 is 11.7 Å². The van der Waals surface area contributed by atoms with Crippen LogP contribution in [0.15, 0.2) is 40.9 Å². The van der Waals surface area contributed by atoms with Crippen LogP contribution in [0.5, 0.6) is 5.75 Å². The third-order valence-corrected chi connectivity index (χ3v) is 3.64. The van der Waals surface area contributed by atoms with Crippen LogP contribution < -0.4 is 10.1 Å². The van der Waals surface area contributed by atoms with E-state index in [0.29, 0.717) is 26.0 Å². The van der Waals surface area contributed by atoms with E-state index in [4.69, 9.17) is 27.9 Å². The summed E-state index contributed by atoms with van der Waals surface area (Å²) in [7, 11) is 0. The average Bonchev–Trinajstić information content (AvgIpc) is 2.42. The first-order valence-corrected chi connectivity index (χ1v) is 7.33. The minimum Gasteiger partial charge on any atom is -0.483 e. The number of nitrogens with one attached hydrogen (secondary N) is 1. The van der Waals surface area contributed by atoms with Crippen molar-refractivity contribution in [3.63, 3.8) is 0 Å². The Bertz CT molecular complexity index is 682. The van der Waals surface area contributed by atoms with Crippen molar-refractivity contribution in [3.8, 4) is 5.75 Å². The fourth-order valence-corrected chi connectivity index (χ4v) is 2.32. The Morgan fingerprint density at radius 3 is 2.71 bits per heavy atom. The second-order valence-electron chi connectivity index (χ2n) is 4.04. The van der Waals surface area contributed by atoms with Crippen molar-refractivity contribution in [2.45, 2.75) is 0 Å². The second kappa shape index (κ2) is 7.11. The number of rotatable bonds is 4. The summed E-state index contributed by atoms with van der Waals surface area (Å²) in [6.45, 7) is -0.243. The molecule has 2 aromatic rings. The van der Waals surface area contributed by atoms with Crippen molar-refractivity contribution in [1.82, 2.24) is 0 Å². The molecule has 0 atom stereocenters. The molecule has 1 N–H and O–H groups in total. The minimum atomic E-state index is -0.407. The second-order valence-corrected chi connectivity index (χ2v) is 5.73. The zero-order chi connectivity index (χ0) is 15.4. The summed E-state index contributed by atoms with van der Waals surface area (Å²) < 4.78 is 18.6. The van der Waals surface area contributed by atoms with Crippen molar-refractivity contribution < 1.29 is 13.9 Å². The summed E-state index contributed by atoms with van der Waals surface area (Å²) in [6.07, 6.45) is 0. The van der Waals surface area contributed by atoms with Crippen LogP contribution in [0.3, 0.4) is 0 Å². The Morgan fingerprint density at radius 2 is 2.00 bits per heavy atom. The molecule has 2 aromatic carbocycles. The molecule has 0 aliphatic rings. The highest BCUT2D eigenvalue weighted by atomic mass is 79.9. The van der Waals surface area contributed by atoms with Gasteiger partial charge in [-0.15, -0.1) is 0 Å². The standard InChI is InChI=1S/C14H9BrCl2FNO2/c15-10-6-9(18)2-4-13(10)21-7-14(20)19-12-5-8(16)1-3-11(12)17/h1-6H,7H2,(H,19,20). The molecule has 0 radical (unpaired) electrons. The maximum atomic E-state index is 12.9. The first kappa shape index (κ1) is 16.1. The van der Waals surface area contributed by atoms with E-state index in [1.807, 2.05) is 0 Å². The van der Waals surface area contributed by atoms with Crippen LogP contribution in [-0.4, -0.2) is 12.5 Å². The lowest BCUT2D eigenvalue weighted by Gasteiger charge is -2.10. The first-order valence-electron chi connectivity index (χ1n) is 5.78. The highest BCUT2D eigenvalue weighted by Crippen LogP contribution is 2.27. The molecule has 0 aromatic heterocycles. The minimum absolute atomic E-state index is 0.243. The smallest absolute Gasteiger partial charge is 0.262 e. The van der Waals surface area contributed by atoms with Crippen LogP contribution in [0.4, 0.5) is 10.1 Å². The number of amides is 1. The Hall–Kier alpha value is -1.30. The fraction of sp³-hybridized carbons (Fsp3) is 0.0714. The molecule has 0 saturated carbocycles. The monoisotopic (exact) mass is 391 g/mol. The summed E-state index contributed by atoms with van der Waals surface area (Å²) >= 11 is 14.9. The molecule has 0 aliphatic heterocycles. The zero-order valence-electron chi connectivity index (χ0n) is 10.5. The van der Waals surface area contributed by atoms with E-state index in [1.165, 1.54) is 24.3 Å². The zero-order valence-corrected chi connectivity index (χ0v) is 13.6. The van der Waals surface area contributed by atoms with Crippen molar-refractivity contribution in [2.24, 2.45) is 0 Å².